The van der Waals surface area contributed by atoms with Crippen LogP contribution in [0.4, 0.5) is 0 Å². The fraction of sp³-hybridized carbons (Fsp3) is 0.533. The Morgan fingerprint density at radius 3 is 2.76 bits per heavy atom. The van der Waals surface area contributed by atoms with Gasteiger partial charge in [-0.25, -0.2) is 4.98 Å². The van der Waals surface area contributed by atoms with Crippen molar-refractivity contribution in [2.24, 2.45) is 0 Å². The average Bonchev–Trinajstić information content (AvgIpc) is 3.05. The lowest BCUT2D eigenvalue weighted by atomic mass is 10.1. The van der Waals surface area contributed by atoms with E-state index in [2.05, 4.69) is 4.98 Å². The van der Waals surface area contributed by atoms with E-state index in [9.17, 15) is 9.59 Å². The second-order valence-electron chi connectivity index (χ2n) is 5.03. The summed E-state index contributed by atoms with van der Waals surface area (Å²) in [5.74, 6) is -0.501. The normalized spacial score (nSPS) is 15.0. The monoisotopic (exact) mass is 308 g/mol. The Hall–Kier alpha value is -1.56. The van der Waals surface area contributed by atoms with Gasteiger partial charge in [0.2, 0.25) is 0 Å². The quantitative estimate of drug-likeness (QED) is 0.617. The van der Waals surface area contributed by atoms with Gasteiger partial charge in [-0.1, -0.05) is 12.8 Å². The van der Waals surface area contributed by atoms with E-state index < -0.39 is 0 Å². The molecule has 0 unspecified atom stereocenters. The minimum absolute atomic E-state index is 0.0108. The summed E-state index contributed by atoms with van der Waals surface area (Å²) in [7, 11) is 1.35. The van der Waals surface area contributed by atoms with Crippen molar-refractivity contribution in [2.45, 2.75) is 36.8 Å². The number of amides is 1. The molecule has 1 saturated carbocycles. The average molecular weight is 308 g/mol. The van der Waals surface area contributed by atoms with Crippen LogP contribution >= 0.6 is 11.8 Å². The Kier molecular flexibility index (Phi) is 5.61. The number of methoxy groups -OCH3 is 1. The molecule has 0 radical (unpaired) electrons. The van der Waals surface area contributed by atoms with Crippen LogP contribution in [0.25, 0.3) is 0 Å². The molecular formula is C15H20N2O3S. The van der Waals surface area contributed by atoms with Crippen molar-refractivity contribution in [1.29, 1.82) is 0 Å². The lowest BCUT2D eigenvalue weighted by Crippen LogP contribution is -2.42. The van der Waals surface area contributed by atoms with Gasteiger partial charge in [0.05, 0.1) is 12.1 Å². The van der Waals surface area contributed by atoms with Crippen LogP contribution in [0.5, 0.6) is 0 Å². The standard InChI is InChI=1S/C15H20N2O3S/c1-20-14(18)10-17(12-5-3-4-6-12)15(19)11-7-8-16-13(9-11)21-2/h7-9,12H,3-6,10H2,1-2H3. The van der Waals surface area contributed by atoms with Gasteiger partial charge >= 0.3 is 5.97 Å². The molecule has 1 fully saturated rings. The lowest BCUT2D eigenvalue weighted by Gasteiger charge is -2.28. The van der Waals surface area contributed by atoms with Crippen molar-refractivity contribution < 1.29 is 14.3 Å². The number of rotatable bonds is 5. The zero-order chi connectivity index (χ0) is 15.2. The second kappa shape index (κ2) is 7.45. The van der Waals surface area contributed by atoms with Gasteiger partial charge in [0.1, 0.15) is 6.54 Å². The molecule has 0 bridgehead atoms. The van der Waals surface area contributed by atoms with Gasteiger partial charge in [-0.3, -0.25) is 9.59 Å². The molecule has 1 amide bonds. The van der Waals surface area contributed by atoms with Gasteiger partial charge in [0.15, 0.2) is 0 Å². The number of ether oxygens (including phenoxy) is 1. The van der Waals surface area contributed by atoms with Gasteiger partial charge < -0.3 is 9.64 Å². The van der Waals surface area contributed by atoms with E-state index in [-0.39, 0.29) is 24.5 Å². The molecule has 21 heavy (non-hydrogen) atoms. The van der Waals surface area contributed by atoms with E-state index in [0.29, 0.717) is 5.56 Å². The van der Waals surface area contributed by atoms with E-state index in [1.165, 1.54) is 18.9 Å². The Balaban J connectivity index is 2.21. The number of nitrogens with zero attached hydrogens (tertiary/aromatic N) is 2. The highest BCUT2D eigenvalue weighted by Gasteiger charge is 2.29. The molecule has 0 aromatic carbocycles. The highest BCUT2D eigenvalue weighted by Crippen LogP contribution is 2.25. The van der Waals surface area contributed by atoms with Crippen LogP contribution in [-0.2, 0) is 9.53 Å². The Morgan fingerprint density at radius 1 is 1.43 bits per heavy atom. The highest BCUT2D eigenvalue weighted by molar-refractivity contribution is 7.98. The molecule has 1 aliphatic carbocycles. The van der Waals surface area contributed by atoms with Crippen molar-refractivity contribution in [1.82, 2.24) is 9.88 Å². The third-order valence-electron chi connectivity index (χ3n) is 3.74. The summed E-state index contributed by atoms with van der Waals surface area (Å²) in [6.45, 7) is 0.0108. The molecule has 1 heterocycles. The van der Waals surface area contributed by atoms with Crippen LogP contribution in [0.2, 0.25) is 0 Å². The molecule has 5 nitrogen and oxygen atoms in total. The summed E-state index contributed by atoms with van der Waals surface area (Å²) in [5.41, 5.74) is 0.574. The molecular weight excluding hydrogens is 288 g/mol. The van der Waals surface area contributed by atoms with E-state index in [1.807, 2.05) is 6.26 Å². The first-order chi connectivity index (χ1) is 10.2. The minimum atomic E-state index is -0.380. The Bertz CT molecular complexity index is 515. The van der Waals surface area contributed by atoms with Crippen molar-refractivity contribution in [3.05, 3.63) is 23.9 Å². The van der Waals surface area contributed by atoms with Gasteiger partial charge in [-0.2, -0.15) is 0 Å². The first-order valence-electron chi connectivity index (χ1n) is 7.03. The summed E-state index contributed by atoms with van der Waals surface area (Å²) in [6.07, 6.45) is 7.64. The molecule has 1 aromatic rings. The van der Waals surface area contributed by atoms with Crippen LogP contribution < -0.4 is 0 Å². The Morgan fingerprint density at radius 2 is 2.14 bits per heavy atom. The molecule has 0 aliphatic heterocycles. The van der Waals surface area contributed by atoms with Crippen molar-refractivity contribution >= 4 is 23.6 Å². The fourth-order valence-electron chi connectivity index (χ4n) is 2.61. The number of carbonyl (C=O) groups excluding carboxylic acids is 2. The van der Waals surface area contributed by atoms with Gasteiger partial charge in [0.25, 0.3) is 5.91 Å². The number of pyridine rings is 1. The zero-order valence-corrected chi connectivity index (χ0v) is 13.2. The summed E-state index contributed by atoms with van der Waals surface area (Å²) in [6, 6.07) is 3.59. The fourth-order valence-corrected chi connectivity index (χ4v) is 3.02. The summed E-state index contributed by atoms with van der Waals surface area (Å²) in [4.78, 5) is 30.2. The van der Waals surface area contributed by atoms with Gasteiger partial charge in [-0.05, 0) is 31.2 Å². The predicted octanol–water partition coefficient (Wildman–Crippen LogP) is 2.36. The van der Waals surface area contributed by atoms with Gasteiger partial charge in [0, 0.05) is 17.8 Å². The van der Waals surface area contributed by atoms with Crippen LogP contribution in [-0.4, -0.2) is 47.7 Å². The molecule has 1 aliphatic rings. The summed E-state index contributed by atoms with van der Waals surface area (Å²) >= 11 is 1.49. The first-order valence-corrected chi connectivity index (χ1v) is 8.26. The molecule has 2 rings (SSSR count). The number of carbonyl (C=O) groups is 2. The summed E-state index contributed by atoms with van der Waals surface area (Å²) < 4.78 is 4.72. The zero-order valence-electron chi connectivity index (χ0n) is 12.4. The third kappa shape index (κ3) is 3.97. The lowest BCUT2D eigenvalue weighted by molar-refractivity contribution is -0.141. The van der Waals surface area contributed by atoms with Crippen LogP contribution in [0, 0.1) is 0 Å². The van der Waals surface area contributed by atoms with Crippen LogP contribution in [0.1, 0.15) is 36.0 Å². The molecule has 0 saturated heterocycles. The van der Waals surface area contributed by atoms with E-state index >= 15 is 0 Å². The highest BCUT2D eigenvalue weighted by atomic mass is 32.2. The van der Waals surface area contributed by atoms with Crippen LogP contribution in [0.15, 0.2) is 23.4 Å². The second-order valence-corrected chi connectivity index (χ2v) is 5.86. The number of esters is 1. The maximum Gasteiger partial charge on any atom is 0.325 e. The molecule has 1 aromatic heterocycles. The number of thioether (sulfide) groups is 1. The smallest absolute Gasteiger partial charge is 0.325 e. The van der Waals surface area contributed by atoms with Crippen molar-refractivity contribution in [2.75, 3.05) is 19.9 Å². The maximum absolute atomic E-state index is 12.7. The molecule has 114 valence electrons. The maximum atomic E-state index is 12.7. The van der Waals surface area contributed by atoms with Crippen LogP contribution in [0.3, 0.4) is 0 Å². The first kappa shape index (κ1) is 15.8. The topological polar surface area (TPSA) is 59.5 Å². The molecule has 0 spiro atoms. The largest absolute Gasteiger partial charge is 0.468 e. The van der Waals surface area contributed by atoms with E-state index in [4.69, 9.17) is 4.74 Å². The van der Waals surface area contributed by atoms with Gasteiger partial charge in [-0.15, -0.1) is 11.8 Å². The van der Waals surface area contributed by atoms with Crippen molar-refractivity contribution in [3.8, 4) is 0 Å². The molecule has 6 heteroatoms. The molecule has 0 atom stereocenters. The SMILES string of the molecule is COC(=O)CN(C(=O)c1ccnc(SC)c1)C1CCCC1. The van der Waals surface area contributed by atoms with E-state index in [0.717, 1.165) is 30.7 Å². The molecule has 0 N–H and O–H groups in total. The predicted molar refractivity (Wildman–Crippen MR) is 81.3 cm³/mol. The number of aromatic nitrogens is 1. The summed E-state index contributed by atoms with van der Waals surface area (Å²) in [5, 5.41) is 0.797. The Labute approximate surface area is 129 Å². The third-order valence-corrected chi connectivity index (χ3v) is 4.39. The van der Waals surface area contributed by atoms with Crippen molar-refractivity contribution in [3.63, 3.8) is 0 Å². The minimum Gasteiger partial charge on any atom is -0.468 e. The number of hydrogen-bond acceptors (Lipinski definition) is 5. The number of hydrogen-bond donors (Lipinski definition) is 0. The van der Waals surface area contributed by atoms with E-state index in [1.54, 1.807) is 23.2 Å².